The van der Waals surface area contributed by atoms with E-state index in [0.717, 1.165) is 25.8 Å². The molecule has 0 aliphatic heterocycles. The van der Waals surface area contributed by atoms with E-state index in [1.54, 1.807) is 23.1 Å². The number of benzene rings is 2. The molecule has 120 valence electrons. The zero-order valence-electron chi connectivity index (χ0n) is 13.1. The number of nitriles is 1. The summed E-state index contributed by atoms with van der Waals surface area (Å²) in [6.07, 6.45) is 0.458. The summed E-state index contributed by atoms with van der Waals surface area (Å²) in [5.41, 5.74) is 3.44. The van der Waals surface area contributed by atoms with Crippen LogP contribution in [0, 0.1) is 11.3 Å². The molecule has 0 spiro atoms. The van der Waals surface area contributed by atoms with Crippen molar-refractivity contribution in [2.75, 3.05) is 5.32 Å². The normalized spacial score (nSPS) is 10.5. The first-order chi connectivity index (χ1) is 11.7. The van der Waals surface area contributed by atoms with E-state index in [9.17, 15) is 4.79 Å². The zero-order valence-corrected chi connectivity index (χ0v) is 14.7. The van der Waals surface area contributed by atoms with Gasteiger partial charge in [0.1, 0.15) is 0 Å². The highest BCUT2D eigenvalue weighted by Gasteiger charge is 2.08. The third-order valence-corrected chi connectivity index (χ3v) is 5.67. The van der Waals surface area contributed by atoms with Gasteiger partial charge in [-0.25, -0.2) is 4.98 Å². The Bertz CT molecular complexity index is 927. The molecule has 1 heterocycles. The number of nitrogens with one attached hydrogen (secondary N) is 1. The Kier molecular flexibility index (Phi) is 5.14. The molecule has 0 radical (unpaired) electrons. The Morgan fingerprint density at radius 3 is 2.96 bits per heavy atom. The fourth-order valence-corrected chi connectivity index (χ4v) is 4.30. The molecule has 1 aromatic heterocycles. The smallest absolute Gasteiger partial charge is 0.224 e. The fraction of sp³-hybridized carbons (Fsp3) is 0.167. The molecule has 24 heavy (non-hydrogen) atoms. The van der Waals surface area contributed by atoms with Gasteiger partial charge < -0.3 is 5.32 Å². The summed E-state index contributed by atoms with van der Waals surface area (Å²) in [5.74, 6) is 0.713. The largest absolute Gasteiger partial charge is 0.326 e. The van der Waals surface area contributed by atoms with E-state index >= 15 is 0 Å². The summed E-state index contributed by atoms with van der Waals surface area (Å²) in [7, 11) is 0. The topological polar surface area (TPSA) is 65.8 Å². The molecule has 1 N–H and O–H groups in total. The molecule has 0 bridgehead atoms. The molecule has 3 rings (SSSR count). The van der Waals surface area contributed by atoms with E-state index in [-0.39, 0.29) is 5.91 Å². The lowest BCUT2D eigenvalue weighted by molar-refractivity contribution is -0.115. The zero-order chi connectivity index (χ0) is 16.9. The van der Waals surface area contributed by atoms with E-state index in [1.165, 1.54) is 0 Å². The lowest BCUT2D eigenvalue weighted by Gasteiger charge is -2.02. The number of nitrogens with zero attached hydrogens (tertiary/aromatic N) is 2. The number of thiazole rings is 1. The van der Waals surface area contributed by atoms with Gasteiger partial charge >= 0.3 is 0 Å². The average Bonchev–Trinajstić information content (AvgIpc) is 3.02. The number of fused-ring (bicyclic) bond motifs is 1. The van der Waals surface area contributed by atoms with E-state index in [1.807, 2.05) is 49.4 Å². The van der Waals surface area contributed by atoms with E-state index in [2.05, 4.69) is 16.4 Å². The Morgan fingerprint density at radius 1 is 1.33 bits per heavy atom. The lowest BCUT2D eigenvalue weighted by atomic mass is 10.1. The monoisotopic (exact) mass is 353 g/mol. The maximum atomic E-state index is 11.5. The summed E-state index contributed by atoms with van der Waals surface area (Å²) in [6.45, 7) is 1.83. The number of carbonyl (C=O) groups excluding carboxylic acids is 1. The summed E-state index contributed by atoms with van der Waals surface area (Å²) in [6, 6.07) is 15.6. The average molecular weight is 353 g/mol. The number of thioether (sulfide) groups is 1. The summed E-state index contributed by atoms with van der Waals surface area (Å²) < 4.78 is 2.00. The van der Waals surface area contributed by atoms with Gasteiger partial charge in [-0.3, -0.25) is 4.79 Å². The molecule has 1 amide bonds. The molecule has 3 aromatic rings. The number of carbonyl (C=O) groups is 1. The molecule has 0 saturated heterocycles. The molecule has 4 nitrogen and oxygen atoms in total. The highest BCUT2D eigenvalue weighted by atomic mass is 32.2. The number of hydrogen-bond donors (Lipinski definition) is 1. The van der Waals surface area contributed by atoms with Crippen LogP contribution in [0.1, 0.15) is 24.5 Å². The molecule has 0 aliphatic rings. The molecule has 0 aliphatic carbocycles. The first-order valence-corrected chi connectivity index (χ1v) is 9.31. The summed E-state index contributed by atoms with van der Waals surface area (Å²) in [5, 5.41) is 12.0. The third kappa shape index (κ3) is 3.75. The number of hydrogen-bond acceptors (Lipinski definition) is 5. The van der Waals surface area contributed by atoms with E-state index < -0.39 is 0 Å². The van der Waals surface area contributed by atoms with Crippen molar-refractivity contribution >= 4 is 44.9 Å². The quantitative estimate of drug-likeness (QED) is 0.669. The van der Waals surface area contributed by atoms with Crippen LogP contribution in [0.5, 0.6) is 0 Å². The van der Waals surface area contributed by atoms with Crippen LogP contribution in [-0.4, -0.2) is 10.9 Å². The second kappa shape index (κ2) is 7.47. The summed E-state index contributed by atoms with van der Waals surface area (Å²) in [4.78, 5) is 16.1. The Labute approximate surface area is 148 Å². The molecule has 6 heteroatoms. The van der Waals surface area contributed by atoms with Crippen LogP contribution >= 0.6 is 23.1 Å². The minimum atomic E-state index is 0.00146. The first kappa shape index (κ1) is 16.5. The van der Waals surface area contributed by atoms with Crippen LogP contribution in [0.25, 0.3) is 10.2 Å². The van der Waals surface area contributed by atoms with Gasteiger partial charge in [0.05, 0.1) is 21.8 Å². The highest BCUT2D eigenvalue weighted by Crippen LogP contribution is 2.33. The van der Waals surface area contributed by atoms with Gasteiger partial charge in [-0.15, -0.1) is 11.3 Å². The van der Waals surface area contributed by atoms with Crippen LogP contribution in [0.15, 0.2) is 46.8 Å². The van der Waals surface area contributed by atoms with Crippen molar-refractivity contribution in [3.63, 3.8) is 0 Å². The Hall–Kier alpha value is -2.36. The number of aromatic nitrogens is 1. The van der Waals surface area contributed by atoms with Crippen LogP contribution in [0.4, 0.5) is 5.69 Å². The van der Waals surface area contributed by atoms with Crippen molar-refractivity contribution in [1.82, 2.24) is 4.98 Å². The van der Waals surface area contributed by atoms with Gasteiger partial charge in [0.25, 0.3) is 0 Å². The Balaban J connectivity index is 1.76. The van der Waals surface area contributed by atoms with Crippen molar-refractivity contribution in [3.8, 4) is 6.07 Å². The van der Waals surface area contributed by atoms with Gasteiger partial charge in [0.2, 0.25) is 5.91 Å². The molecule has 0 atom stereocenters. The fourth-order valence-electron chi connectivity index (χ4n) is 2.19. The van der Waals surface area contributed by atoms with E-state index in [0.29, 0.717) is 17.7 Å². The van der Waals surface area contributed by atoms with Crippen molar-refractivity contribution < 1.29 is 4.79 Å². The first-order valence-electron chi connectivity index (χ1n) is 7.51. The maximum absolute atomic E-state index is 11.5. The second-order valence-corrected chi connectivity index (χ2v) is 7.37. The predicted octanol–water partition coefficient (Wildman–Crippen LogP) is 4.81. The van der Waals surface area contributed by atoms with Crippen LogP contribution in [-0.2, 0) is 10.5 Å². The van der Waals surface area contributed by atoms with Gasteiger partial charge in [0, 0.05) is 17.9 Å². The van der Waals surface area contributed by atoms with Gasteiger partial charge in [-0.05, 0) is 29.8 Å². The predicted molar refractivity (Wildman–Crippen MR) is 99.3 cm³/mol. The number of rotatable bonds is 5. The van der Waals surface area contributed by atoms with Crippen molar-refractivity contribution in [2.45, 2.75) is 23.4 Å². The Morgan fingerprint density at radius 2 is 2.17 bits per heavy atom. The highest BCUT2D eigenvalue weighted by molar-refractivity contribution is 8.00. The van der Waals surface area contributed by atoms with Gasteiger partial charge in [-0.1, -0.05) is 36.9 Å². The molecular weight excluding hydrogens is 338 g/mol. The van der Waals surface area contributed by atoms with Crippen molar-refractivity contribution in [2.24, 2.45) is 0 Å². The molecule has 0 unspecified atom stereocenters. The minimum Gasteiger partial charge on any atom is -0.326 e. The standard InChI is InChI=1S/C18H15N3OS2/c1-2-17(22)20-14-7-8-15-16(9-14)24-18(21-15)23-11-13-6-4-3-5-12(13)10-19/h3-9H,2,11H2,1H3,(H,20,22). The second-order valence-electron chi connectivity index (χ2n) is 5.12. The van der Waals surface area contributed by atoms with Gasteiger partial charge in [-0.2, -0.15) is 5.26 Å². The van der Waals surface area contributed by atoms with Crippen LogP contribution in [0.3, 0.4) is 0 Å². The van der Waals surface area contributed by atoms with Crippen LogP contribution < -0.4 is 5.32 Å². The molecular formula is C18H15N3OS2. The maximum Gasteiger partial charge on any atom is 0.224 e. The van der Waals surface area contributed by atoms with E-state index in [4.69, 9.17) is 5.26 Å². The number of amides is 1. The third-order valence-electron chi connectivity index (χ3n) is 3.46. The summed E-state index contributed by atoms with van der Waals surface area (Å²) >= 11 is 3.22. The van der Waals surface area contributed by atoms with Crippen LogP contribution in [0.2, 0.25) is 0 Å². The number of anilines is 1. The molecule has 2 aromatic carbocycles. The minimum absolute atomic E-state index is 0.00146. The SMILES string of the molecule is CCC(=O)Nc1ccc2nc(SCc3ccccc3C#N)sc2c1. The van der Waals surface area contributed by atoms with Gasteiger partial charge in [0.15, 0.2) is 4.34 Å². The molecule has 0 fully saturated rings. The molecule has 0 saturated carbocycles. The lowest BCUT2D eigenvalue weighted by Crippen LogP contribution is -2.08. The van der Waals surface area contributed by atoms with Crippen molar-refractivity contribution in [1.29, 1.82) is 5.26 Å². The van der Waals surface area contributed by atoms with Crippen molar-refractivity contribution in [3.05, 3.63) is 53.6 Å².